The summed E-state index contributed by atoms with van der Waals surface area (Å²) in [5, 5.41) is 13.1. The number of methoxy groups -OCH3 is 1. The Bertz CT molecular complexity index is 1370. The Morgan fingerprint density at radius 2 is 1.76 bits per heavy atom. The van der Waals surface area contributed by atoms with Crippen molar-refractivity contribution in [2.45, 2.75) is 12.5 Å². The van der Waals surface area contributed by atoms with Crippen molar-refractivity contribution in [3.05, 3.63) is 83.2 Å². The lowest BCUT2D eigenvalue weighted by Crippen LogP contribution is -2.39. The van der Waals surface area contributed by atoms with Crippen LogP contribution in [-0.4, -0.2) is 73.1 Å². The van der Waals surface area contributed by atoms with Crippen LogP contribution < -0.4 is 4.74 Å². The minimum Gasteiger partial charge on any atom is -0.507 e. The van der Waals surface area contributed by atoms with Gasteiger partial charge in [-0.15, -0.1) is 0 Å². The monoisotopic (exact) mass is 504 g/mol. The molecular weight excluding hydrogens is 475 g/mol. The second-order valence-electron chi connectivity index (χ2n) is 9.25. The fourth-order valence-electron chi connectivity index (χ4n) is 5.07. The molecule has 0 spiro atoms. The molecule has 2 saturated heterocycles. The first-order chi connectivity index (χ1) is 18.0. The molecule has 37 heavy (non-hydrogen) atoms. The molecule has 2 heterocycles. The smallest absolute Gasteiger partial charge is 0.295 e. The number of morpholine rings is 1. The van der Waals surface area contributed by atoms with Crippen LogP contribution in [0.25, 0.3) is 16.5 Å². The van der Waals surface area contributed by atoms with E-state index in [2.05, 4.69) is 4.90 Å². The van der Waals surface area contributed by atoms with E-state index in [9.17, 15) is 14.7 Å². The van der Waals surface area contributed by atoms with E-state index in [0.717, 1.165) is 30.4 Å². The first-order valence-electron chi connectivity index (χ1n) is 12.4. The maximum Gasteiger partial charge on any atom is 0.295 e. The molecule has 192 valence electrons. The summed E-state index contributed by atoms with van der Waals surface area (Å²) in [7, 11) is 1.59. The second kappa shape index (κ2) is 10.7. The summed E-state index contributed by atoms with van der Waals surface area (Å²) < 4.78 is 25.7. The van der Waals surface area contributed by atoms with Gasteiger partial charge in [0.25, 0.3) is 11.7 Å². The molecule has 0 bridgehead atoms. The molecule has 5 rings (SSSR count). The van der Waals surface area contributed by atoms with Crippen LogP contribution in [0.3, 0.4) is 0 Å². The highest BCUT2D eigenvalue weighted by molar-refractivity contribution is 6.46. The van der Waals surface area contributed by atoms with Crippen LogP contribution in [0.2, 0.25) is 0 Å². The lowest BCUT2D eigenvalue weighted by molar-refractivity contribution is -0.140. The number of carbonyl (C=O) groups is 2. The summed E-state index contributed by atoms with van der Waals surface area (Å²) in [6.45, 7) is 3.93. The molecule has 2 fully saturated rings. The average molecular weight is 505 g/mol. The van der Waals surface area contributed by atoms with Crippen molar-refractivity contribution in [2.75, 3.05) is 46.5 Å². The van der Waals surface area contributed by atoms with Crippen molar-refractivity contribution < 1.29 is 28.6 Å². The van der Waals surface area contributed by atoms with Crippen molar-refractivity contribution >= 4 is 28.2 Å². The highest BCUT2D eigenvalue weighted by Gasteiger charge is 2.46. The predicted octanol–water partition coefficient (Wildman–Crippen LogP) is 4.13. The third-order valence-corrected chi connectivity index (χ3v) is 7.04. The highest BCUT2D eigenvalue weighted by atomic mass is 19.1. The van der Waals surface area contributed by atoms with Crippen LogP contribution in [0.15, 0.2) is 66.2 Å². The summed E-state index contributed by atoms with van der Waals surface area (Å²) in [6, 6.07) is 15.8. The number of aliphatic hydroxyl groups is 1. The van der Waals surface area contributed by atoms with Gasteiger partial charge < -0.3 is 19.5 Å². The maximum absolute atomic E-state index is 15.0. The van der Waals surface area contributed by atoms with E-state index in [0.29, 0.717) is 30.9 Å². The van der Waals surface area contributed by atoms with Gasteiger partial charge in [-0.05, 0) is 41.5 Å². The minimum absolute atomic E-state index is 0.102. The molecule has 7 nitrogen and oxygen atoms in total. The normalized spacial score (nSPS) is 20.1. The number of hydrogen-bond acceptors (Lipinski definition) is 6. The first-order valence-corrected chi connectivity index (χ1v) is 12.4. The number of amides is 1. The van der Waals surface area contributed by atoms with Gasteiger partial charge in [-0.1, -0.05) is 36.4 Å². The van der Waals surface area contributed by atoms with Crippen LogP contribution in [0.4, 0.5) is 4.39 Å². The molecule has 3 aromatic carbocycles. The number of fused-ring (bicyclic) bond motifs is 1. The fourth-order valence-corrected chi connectivity index (χ4v) is 5.07. The Kier molecular flexibility index (Phi) is 7.21. The number of Topliss-reactive ketones (excluding diaryl/α,β-unsaturated/α-hetero) is 1. The third-order valence-electron chi connectivity index (χ3n) is 7.04. The van der Waals surface area contributed by atoms with Gasteiger partial charge in [0.15, 0.2) is 0 Å². The SMILES string of the molecule is COc1ccc2cc(/C(O)=C3\C(=O)C(=O)N(CCCN4CCOCC4)C3c3ccccc3F)ccc2c1. The van der Waals surface area contributed by atoms with Crippen LogP contribution in [-0.2, 0) is 14.3 Å². The molecule has 1 atom stereocenters. The van der Waals surface area contributed by atoms with Crippen LogP contribution >= 0.6 is 0 Å². The molecule has 1 N–H and O–H groups in total. The molecule has 0 radical (unpaired) electrons. The summed E-state index contributed by atoms with van der Waals surface area (Å²) >= 11 is 0. The second-order valence-corrected chi connectivity index (χ2v) is 9.25. The first kappa shape index (κ1) is 24.9. The van der Waals surface area contributed by atoms with Gasteiger partial charge in [-0.3, -0.25) is 14.5 Å². The predicted molar refractivity (Wildman–Crippen MR) is 138 cm³/mol. The summed E-state index contributed by atoms with van der Waals surface area (Å²) in [5.74, 6) is -1.70. The van der Waals surface area contributed by atoms with Gasteiger partial charge in [0.1, 0.15) is 17.3 Å². The number of likely N-dealkylation sites (tertiary alicyclic amines) is 1. The molecule has 0 aromatic heterocycles. The molecule has 1 unspecified atom stereocenters. The van der Waals surface area contributed by atoms with Gasteiger partial charge in [0.05, 0.1) is 31.9 Å². The van der Waals surface area contributed by atoms with Gasteiger partial charge in [0.2, 0.25) is 0 Å². The summed E-state index contributed by atoms with van der Waals surface area (Å²) in [6.07, 6.45) is 0.607. The number of hydrogen-bond donors (Lipinski definition) is 1. The van der Waals surface area contributed by atoms with Gasteiger partial charge in [0, 0.05) is 37.3 Å². The van der Waals surface area contributed by atoms with Crippen LogP contribution in [0, 0.1) is 5.82 Å². The number of nitrogens with zero attached hydrogens (tertiary/aromatic N) is 2. The zero-order valence-corrected chi connectivity index (χ0v) is 20.7. The van der Waals surface area contributed by atoms with E-state index in [1.807, 2.05) is 18.2 Å². The van der Waals surface area contributed by atoms with Crippen LogP contribution in [0.1, 0.15) is 23.6 Å². The van der Waals surface area contributed by atoms with Crippen molar-refractivity contribution in [1.29, 1.82) is 0 Å². The Morgan fingerprint density at radius 3 is 2.51 bits per heavy atom. The average Bonchev–Trinajstić information content (AvgIpc) is 3.17. The van der Waals surface area contributed by atoms with Crippen LogP contribution in [0.5, 0.6) is 5.75 Å². The minimum atomic E-state index is -1.02. The molecule has 3 aromatic rings. The molecular formula is C29H29FN2O5. The standard InChI is InChI=1S/C29H29FN2O5/c1-36-22-10-9-19-17-21(8-7-20(19)18-22)27(33)25-26(23-5-2-3-6-24(23)30)32(29(35)28(25)34)12-4-11-31-13-15-37-16-14-31/h2-3,5-10,17-18,26,33H,4,11-16H2,1H3/b27-25+. The van der Waals surface area contributed by atoms with E-state index in [1.54, 1.807) is 43.5 Å². The fraction of sp³-hybridized carbons (Fsp3) is 0.310. The van der Waals surface area contributed by atoms with Crippen molar-refractivity contribution in [2.24, 2.45) is 0 Å². The number of carbonyl (C=O) groups excluding carboxylic acids is 2. The third kappa shape index (κ3) is 4.95. The molecule has 2 aliphatic heterocycles. The Hall–Kier alpha value is -3.75. The number of aliphatic hydroxyl groups excluding tert-OH is 1. The van der Waals surface area contributed by atoms with E-state index in [4.69, 9.17) is 9.47 Å². The summed E-state index contributed by atoms with van der Waals surface area (Å²) in [4.78, 5) is 30.1. The van der Waals surface area contributed by atoms with E-state index < -0.39 is 23.5 Å². The Balaban J connectivity index is 1.52. The van der Waals surface area contributed by atoms with Gasteiger partial charge in [-0.25, -0.2) is 4.39 Å². The molecule has 0 aliphatic carbocycles. The quantitative estimate of drug-likeness (QED) is 0.296. The largest absolute Gasteiger partial charge is 0.507 e. The Morgan fingerprint density at radius 1 is 1.03 bits per heavy atom. The lowest BCUT2D eigenvalue weighted by Gasteiger charge is -2.29. The van der Waals surface area contributed by atoms with Crippen molar-refractivity contribution in [1.82, 2.24) is 9.80 Å². The number of rotatable bonds is 7. The maximum atomic E-state index is 15.0. The highest BCUT2D eigenvalue weighted by Crippen LogP contribution is 2.40. The van der Waals surface area contributed by atoms with E-state index >= 15 is 4.39 Å². The zero-order valence-electron chi connectivity index (χ0n) is 20.7. The molecule has 0 saturated carbocycles. The molecule has 2 aliphatic rings. The lowest BCUT2D eigenvalue weighted by atomic mass is 9.94. The van der Waals surface area contributed by atoms with E-state index in [1.165, 1.54) is 11.0 Å². The van der Waals surface area contributed by atoms with Gasteiger partial charge in [-0.2, -0.15) is 0 Å². The topological polar surface area (TPSA) is 79.3 Å². The molecule has 1 amide bonds. The van der Waals surface area contributed by atoms with Gasteiger partial charge >= 0.3 is 0 Å². The van der Waals surface area contributed by atoms with Crippen molar-refractivity contribution in [3.63, 3.8) is 0 Å². The molecule has 8 heteroatoms. The number of benzene rings is 3. The number of ether oxygens (including phenoxy) is 2. The number of halogens is 1. The number of ketones is 1. The van der Waals surface area contributed by atoms with Crippen molar-refractivity contribution in [3.8, 4) is 5.75 Å². The zero-order chi connectivity index (χ0) is 25.9. The van der Waals surface area contributed by atoms with E-state index in [-0.39, 0.29) is 23.4 Å². The Labute approximate surface area is 214 Å². The summed E-state index contributed by atoms with van der Waals surface area (Å²) in [5.41, 5.74) is 0.458.